The van der Waals surface area contributed by atoms with Crippen molar-refractivity contribution >= 4 is 142 Å². The van der Waals surface area contributed by atoms with E-state index >= 15 is 0 Å². The van der Waals surface area contributed by atoms with E-state index in [0.717, 1.165) is 114 Å². The van der Waals surface area contributed by atoms with Gasteiger partial charge in [0.15, 0.2) is 0 Å². The minimum Gasteiger partial charge on any atom is -0.500 e. The predicted octanol–water partition coefficient (Wildman–Crippen LogP) is 25.9. The van der Waals surface area contributed by atoms with Crippen molar-refractivity contribution in [1.29, 1.82) is 0 Å². The van der Waals surface area contributed by atoms with Gasteiger partial charge in [-0.3, -0.25) is 0 Å². The van der Waals surface area contributed by atoms with E-state index in [2.05, 4.69) is 291 Å². The van der Waals surface area contributed by atoms with Gasteiger partial charge in [-0.25, -0.2) is 4.39 Å². The second kappa shape index (κ2) is 35.2. The molecule has 113 heavy (non-hydrogen) atoms. The summed E-state index contributed by atoms with van der Waals surface area (Å²) in [6.07, 6.45) is 10.8. The summed E-state index contributed by atoms with van der Waals surface area (Å²) < 4.78 is 36.0. The van der Waals surface area contributed by atoms with Crippen LogP contribution in [0.4, 0.5) is 4.39 Å². The number of thiophene rings is 1. The van der Waals surface area contributed by atoms with Crippen LogP contribution in [0.3, 0.4) is 0 Å². The Kier molecular flexibility index (Phi) is 25.4. The van der Waals surface area contributed by atoms with E-state index in [4.69, 9.17) is 23.2 Å². The van der Waals surface area contributed by atoms with E-state index in [0.29, 0.717) is 17.1 Å². The molecular formula is C99H91FGeIr2N4O3SSi2-4. The molecular weight excluding hydrogens is 1860 g/mol. The maximum atomic E-state index is 13.5. The fraction of sp³-hybridized carbons (Fsp3) is 0.192. The van der Waals surface area contributed by atoms with Crippen LogP contribution in [0, 0.1) is 42.9 Å². The van der Waals surface area contributed by atoms with Crippen molar-refractivity contribution in [2.45, 2.75) is 116 Å². The van der Waals surface area contributed by atoms with Crippen LogP contribution >= 0.6 is 11.3 Å². The Morgan fingerprint density at radius 2 is 1.05 bits per heavy atom. The number of rotatable bonds is 16. The number of halogens is 1. The number of pyridine rings is 4. The first-order valence-corrected chi connectivity index (χ1v) is 52.1. The number of fused-ring (bicyclic) bond motifs is 12. The molecule has 8 heterocycles. The zero-order valence-electron chi connectivity index (χ0n) is 66.0. The van der Waals surface area contributed by atoms with Crippen LogP contribution in [-0.2, 0) is 59.5 Å². The largest absolute Gasteiger partial charge is 0.500 e. The average molecular weight is 1950 g/mol. The minimum absolute atomic E-state index is 0. The van der Waals surface area contributed by atoms with E-state index in [1.165, 1.54) is 102 Å². The van der Waals surface area contributed by atoms with Crippen LogP contribution < -0.4 is 14.8 Å². The molecule has 572 valence electrons. The molecule has 10 aromatic carbocycles. The molecule has 0 atom stereocenters. The second-order valence-electron chi connectivity index (χ2n) is 31.6. The number of hydrogen-bond donors (Lipinski definition) is 0. The van der Waals surface area contributed by atoms with Crippen molar-refractivity contribution in [2.75, 3.05) is 0 Å². The number of nitrogens with zero attached hydrogens (tertiary/aromatic N) is 4. The first kappa shape index (κ1) is 81.6. The van der Waals surface area contributed by atoms with Crippen molar-refractivity contribution in [1.82, 2.24) is 19.9 Å². The van der Waals surface area contributed by atoms with Crippen LogP contribution in [-0.4, -0.2) is 49.3 Å². The molecule has 0 N–H and O–H groups in total. The molecule has 14 heteroatoms. The fourth-order valence-electron chi connectivity index (χ4n) is 15.4. The standard InChI is InChI=1S/C30H30GeNO.C28H24NO.C21H20NSSi.C20H17FNOSi.2Ir/c1-4-31(5-2,6-3)23-16-18-27(32-21-23)24-17-19-29-30(25-14-10-11-15-28(25)33-29)26(24)20-22-12-8-7-9-13-22;1-19(2)15-21-13-14-29-26(17-21)22-11-12-27-25(18-22)24-10-6-9-23(28(24)30-27)16-20-7-4-3-5-8-20;1-14-9-11-16(18-12-10-15(13-22-18)24(2,3)4)21-20(14)17-7-5-6-8-19(17)23-21;1-24(2,3)14-8-10-18(22-12-14)17-6-4-5-16-15-9-7-13(21)11-19(15)23-20(16)17;;/h7-16,18-19,21H,4-6,20H2,1-3H3;3-10,12-14,17-19H,15-16H2,1-2H3;5-10,12-13H,1-4H3;4-5,7-12H,1-3H3;;/q4*-1;;. The molecule has 0 bridgehead atoms. The molecule has 7 nitrogen and oxygen atoms in total. The number of aryl methyl sites for hydroxylation is 1. The van der Waals surface area contributed by atoms with Crippen molar-refractivity contribution in [3.05, 3.63) is 319 Å². The summed E-state index contributed by atoms with van der Waals surface area (Å²) >= 11 is -0.182. The van der Waals surface area contributed by atoms with Gasteiger partial charge in [-0.05, 0) is 85.3 Å². The topological polar surface area (TPSA) is 91.0 Å². The van der Waals surface area contributed by atoms with Crippen LogP contribution in [0.15, 0.2) is 269 Å². The van der Waals surface area contributed by atoms with Crippen LogP contribution in [0.25, 0.3) is 131 Å². The van der Waals surface area contributed by atoms with Gasteiger partial charge in [0.1, 0.15) is 17.0 Å². The third-order valence-corrected chi connectivity index (χ3v) is 38.7. The molecule has 0 fully saturated rings. The number of furan rings is 3. The number of aromatic nitrogens is 4. The smallest absolute Gasteiger partial charge is 0.126 e. The predicted molar refractivity (Wildman–Crippen MR) is 473 cm³/mol. The molecule has 18 aromatic rings. The van der Waals surface area contributed by atoms with Gasteiger partial charge < -0.3 is 23.8 Å². The van der Waals surface area contributed by atoms with Gasteiger partial charge in [-0.15, -0.1) is 65.2 Å². The van der Waals surface area contributed by atoms with Crippen molar-refractivity contribution in [3.8, 4) is 45.0 Å². The first-order valence-electron chi connectivity index (χ1n) is 38.7. The van der Waals surface area contributed by atoms with E-state index in [-0.39, 0.29) is 46.0 Å². The summed E-state index contributed by atoms with van der Waals surface area (Å²) in [5.74, 6) is 0.317. The summed E-state index contributed by atoms with van der Waals surface area (Å²) in [6, 6.07) is 92.2. The molecule has 0 saturated heterocycles. The van der Waals surface area contributed by atoms with Crippen molar-refractivity contribution in [2.24, 2.45) is 5.92 Å². The quantitative estimate of drug-likeness (QED) is 0.0703. The van der Waals surface area contributed by atoms with E-state index in [1.54, 1.807) is 6.07 Å². The Hall–Kier alpha value is -9.37. The summed E-state index contributed by atoms with van der Waals surface area (Å²) in [5, 5.41) is 15.8. The Morgan fingerprint density at radius 3 is 1.72 bits per heavy atom. The zero-order chi connectivity index (χ0) is 77.1. The third-order valence-electron chi connectivity index (χ3n) is 21.8. The molecule has 8 aromatic heterocycles. The molecule has 0 aliphatic heterocycles. The van der Waals surface area contributed by atoms with Gasteiger partial charge in [0.2, 0.25) is 0 Å². The fourth-order valence-corrected chi connectivity index (χ4v) is 26.1. The summed E-state index contributed by atoms with van der Waals surface area (Å²) in [7, 11) is -2.70. The monoisotopic (exact) mass is 1950 g/mol. The second-order valence-corrected chi connectivity index (χ2v) is 53.8. The Bertz CT molecular complexity index is 6340. The minimum atomic E-state index is -2.03. The van der Waals surface area contributed by atoms with Gasteiger partial charge in [0.05, 0.1) is 27.3 Å². The van der Waals surface area contributed by atoms with Gasteiger partial charge in [0.25, 0.3) is 0 Å². The van der Waals surface area contributed by atoms with Gasteiger partial charge in [0, 0.05) is 86.8 Å². The Balaban J connectivity index is 0.000000132. The maximum absolute atomic E-state index is 13.5. The molecule has 0 saturated carbocycles. The summed E-state index contributed by atoms with van der Waals surface area (Å²) in [6.45, 7) is 27.7. The van der Waals surface area contributed by atoms with E-state index < -0.39 is 29.4 Å². The molecule has 0 amide bonds. The van der Waals surface area contributed by atoms with Gasteiger partial charge in [-0.2, -0.15) is 11.3 Å². The molecule has 2 radical (unpaired) electrons. The van der Waals surface area contributed by atoms with E-state index in [1.807, 2.05) is 72.3 Å². The molecule has 0 spiro atoms. The Labute approximate surface area is 698 Å². The van der Waals surface area contributed by atoms with Crippen molar-refractivity contribution in [3.63, 3.8) is 0 Å². The molecule has 0 aliphatic carbocycles. The Morgan fingerprint density at radius 1 is 0.451 bits per heavy atom. The molecule has 0 unspecified atom stereocenters. The SMILES string of the molecule is CC(C)Cc1ccnc(-c2[c-]cc3oc4c(Cc5ccccc5)cccc4c3c2)c1.C[CH2][Ge]([CH2]C)([CH2]C)[c]1ccc(-c2[c-]cc3oc4ccccc4c3c2Cc2ccccc2)nc1.C[Si](C)(C)c1ccc(-c2[c-]ccc3c2oc2cc(F)ccc23)nc1.Cc1c[c-]c(-c2ccc([Si](C)(C)C)cn2)c2sc3ccccc3c12.[Ir].[Ir]. The summed E-state index contributed by atoms with van der Waals surface area (Å²) in [5.41, 5.74) is 20.3. The van der Waals surface area contributed by atoms with Gasteiger partial charge >= 0.3 is 199 Å². The number of hydrogen-bond acceptors (Lipinski definition) is 8. The third kappa shape index (κ3) is 17.5. The molecule has 0 aliphatic rings. The summed E-state index contributed by atoms with van der Waals surface area (Å²) in [4.78, 5) is 19.0. The van der Waals surface area contributed by atoms with Crippen molar-refractivity contribution < 1.29 is 57.9 Å². The molecule has 18 rings (SSSR count). The maximum Gasteiger partial charge on any atom is 0.126 e. The average Bonchev–Trinajstić information content (AvgIpc) is 1.64. The van der Waals surface area contributed by atoms with Crippen LogP contribution in [0.1, 0.15) is 68.0 Å². The van der Waals surface area contributed by atoms with E-state index in [9.17, 15) is 4.39 Å². The number of para-hydroxylation sites is 2. The van der Waals surface area contributed by atoms with Crippen LogP contribution in [0.5, 0.6) is 0 Å². The first-order chi connectivity index (χ1) is 53.7. The normalized spacial score (nSPS) is 11.7. The number of benzene rings is 10. The van der Waals surface area contributed by atoms with Gasteiger partial charge in [-0.1, -0.05) is 184 Å². The zero-order valence-corrected chi connectivity index (χ0v) is 75.7. The van der Waals surface area contributed by atoms with Crippen LogP contribution in [0.2, 0.25) is 55.0 Å².